The van der Waals surface area contributed by atoms with Crippen LogP contribution in [0.2, 0.25) is 0 Å². The normalized spacial score (nSPS) is 11.4. The summed E-state index contributed by atoms with van der Waals surface area (Å²) in [7, 11) is -11.3. The summed E-state index contributed by atoms with van der Waals surface area (Å²) in [6.07, 6.45) is 0. The zero-order valence-corrected chi connectivity index (χ0v) is 59.6. The van der Waals surface area contributed by atoms with E-state index in [1.807, 2.05) is 72.8 Å². The van der Waals surface area contributed by atoms with Gasteiger partial charge in [0.05, 0.1) is 29.4 Å². The number of nitrogens with two attached hydrogens (primary N) is 3. The van der Waals surface area contributed by atoms with Gasteiger partial charge in [-0.05, 0) is 289 Å². The van der Waals surface area contributed by atoms with Crippen molar-refractivity contribution >= 4 is 46.6 Å². The largest absolute Gasteiger partial charge is 0.508 e. The molecule has 0 fully saturated rings. The predicted octanol–water partition coefficient (Wildman–Crippen LogP) is 19.2. The molecular weight excluding hydrogens is 1390 g/mol. The number of sulfone groups is 3. The molecule has 0 aromatic heterocycles. The zero-order chi connectivity index (χ0) is 75.1. The van der Waals surface area contributed by atoms with Gasteiger partial charge in [0, 0.05) is 27.9 Å². The Bertz CT molecular complexity index is 5050. The third-order valence-corrected chi connectivity index (χ3v) is 22.1. The highest BCUT2D eigenvalue weighted by molar-refractivity contribution is 7.92. The molecule has 0 bridgehead atoms. The number of benzene rings is 13. The van der Waals surface area contributed by atoms with Crippen LogP contribution in [-0.4, -0.2) is 40.6 Å². The maximum atomic E-state index is 13.4. The minimum absolute atomic E-state index is 0.0227. The Labute approximate surface area is 608 Å². The van der Waals surface area contributed by atoms with Crippen molar-refractivity contribution < 1.29 is 68.3 Å². The van der Waals surface area contributed by atoms with Gasteiger partial charge in [0.25, 0.3) is 0 Å². The number of halogens is 2. The monoisotopic (exact) mass is 1470 g/mol. The number of ether oxygens (including phenoxy) is 4. The molecule has 0 saturated heterocycles. The number of hydrogen-bond donors (Lipinski definition) is 6. The number of aromatic hydroxyl groups is 3. The Morgan fingerprint density at radius 1 is 0.238 bits per heavy atom. The SMILES string of the molecule is CC(C)(c1ccc(O)cc1)c1ccc(O)cc1.CC(C)(c1ccc(Oc2ccc(S(=O)(=O)c3ccc(Oc4ccc(N)cc4)cc3)cc2)cc1)c1ccc(Oc2ccc(S(=O)(=O)c3ccc(Oc4ccc(N)cc4)cc3)cc2)cc1.Nc1ccc(O)cc1.O=S(=O)(c1ccc(F)cc1)c1ccc(F)cc1. The maximum Gasteiger partial charge on any atom is 0.206 e. The van der Waals surface area contributed by atoms with Crippen LogP contribution in [0.3, 0.4) is 0 Å². The van der Waals surface area contributed by atoms with E-state index in [4.69, 9.17) is 41.3 Å². The van der Waals surface area contributed by atoms with Gasteiger partial charge in [-0.1, -0.05) is 76.2 Å². The number of anilines is 3. The fourth-order valence-electron chi connectivity index (χ4n) is 10.4. The van der Waals surface area contributed by atoms with E-state index in [-0.39, 0.29) is 57.5 Å². The average molecular weight is 1470 g/mol. The number of phenolic OH excluding ortho intramolecular Hbond substituents is 3. The maximum absolute atomic E-state index is 13.4. The van der Waals surface area contributed by atoms with E-state index in [9.17, 15) is 44.2 Å². The molecule has 13 aromatic rings. The fourth-order valence-corrected chi connectivity index (χ4v) is 14.2. The topological polar surface area (TPSA) is 278 Å². The summed E-state index contributed by atoms with van der Waals surface area (Å²) in [5.74, 6) is 4.14. The molecule has 0 amide bonds. The molecule has 21 heteroatoms. The van der Waals surface area contributed by atoms with Gasteiger partial charge >= 0.3 is 0 Å². The predicted molar refractivity (Wildman–Crippen MR) is 403 cm³/mol. The van der Waals surface area contributed by atoms with Crippen LogP contribution in [-0.2, 0) is 40.3 Å². The van der Waals surface area contributed by atoms with Gasteiger partial charge in [-0.25, -0.2) is 34.0 Å². The molecule has 0 aliphatic rings. The summed E-state index contributed by atoms with van der Waals surface area (Å²) in [6, 6.07) is 84.3. The molecule has 0 radical (unpaired) electrons. The van der Waals surface area contributed by atoms with Gasteiger partial charge in [0.1, 0.15) is 74.9 Å². The highest BCUT2D eigenvalue weighted by atomic mass is 32.2. The molecule has 0 unspecified atom stereocenters. The quantitative estimate of drug-likeness (QED) is 0.0265. The molecule has 13 aromatic carbocycles. The summed E-state index contributed by atoms with van der Waals surface area (Å²) >= 11 is 0. The number of hydrogen-bond acceptors (Lipinski definition) is 16. The van der Waals surface area contributed by atoms with Crippen molar-refractivity contribution in [3.8, 4) is 63.2 Å². The molecule has 16 nitrogen and oxygen atoms in total. The van der Waals surface area contributed by atoms with E-state index in [2.05, 4.69) is 27.7 Å². The first-order valence-electron chi connectivity index (χ1n) is 32.5. The van der Waals surface area contributed by atoms with Gasteiger partial charge in [0.2, 0.25) is 29.5 Å². The lowest BCUT2D eigenvalue weighted by atomic mass is 9.78. The summed E-state index contributed by atoms with van der Waals surface area (Å²) in [5.41, 5.74) is 22.5. The van der Waals surface area contributed by atoms with E-state index in [1.165, 1.54) is 72.8 Å². The van der Waals surface area contributed by atoms with Crippen molar-refractivity contribution in [2.75, 3.05) is 17.2 Å². The molecule has 0 saturated carbocycles. The Morgan fingerprint density at radius 2 is 0.381 bits per heavy atom. The van der Waals surface area contributed by atoms with Crippen LogP contribution in [0.1, 0.15) is 49.9 Å². The third kappa shape index (κ3) is 19.6. The molecule has 0 heterocycles. The summed E-state index contributed by atoms with van der Waals surface area (Å²) in [4.78, 5) is 0.518. The van der Waals surface area contributed by atoms with Crippen molar-refractivity contribution in [3.05, 3.63) is 349 Å². The zero-order valence-electron chi connectivity index (χ0n) is 57.2. The molecule has 0 spiro atoms. The van der Waals surface area contributed by atoms with E-state index >= 15 is 0 Å². The first-order valence-corrected chi connectivity index (χ1v) is 36.9. The molecule has 534 valence electrons. The van der Waals surface area contributed by atoms with Crippen LogP contribution >= 0.6 is 0 Å². The van der Waals surface area contributed by atoms with Gasteiger partial charge in [0.15, 0.2) is 0 Å². The van der Waals surface area contributed by atoms with Crippen LogP contribution in [0.15, 0.2) is 345 Å². The number of rotatable bonds is 18. The highest BCUT2D eigenvalue weighted by Crippen LogP contribution is 2.38. The molecule has 105 heavy (non-hydrogen) atoms. The van der Waals surface area contributed by atoms with Gasteiger partial charge in [-0.15, -0.1) is 0 Å². The van der Waals surface area contributed by atoms with E-state index in [0.717, 1.165) is 46.5 Å². The van der Waals surface area contributed by atoms with Gasteiger partial charge < -0.3 is 51.5 Å². The van der Waals surface area contributed by atoms with E-state index in [1.54, 1.807) is 146 Å². The average Bonchev–Trinajstić information content (AvgIpc) is 0.819. The second-order valence-electron chi connectivity index (χ2n) is 24.8. The van der Waals surface area contributed by atoms with Crippen LogP contribution in [0, 0.1) is 11.6 Å². The first kappa shape index (κ1) is 75.2. The lowest BCUT2D eigenvalue weighted by molar-refractivity contribution is 0.473. The summed E-state index contributed by atoms with van der Waals surface area (Å²) in [6.45, 7) is 8.48. The third-order valence-electron chi connectivity index (χ3n) is 16.7. The summed E-state index contributed by atoms with van der Waals surface area (Å²) < 4.78 is 127. The van der Waals surface area contributed by atoms with E-state index in [0.29, 0.717) is 63.1 Å². The van der Waals surface area contributed by atoms with Crippen molar-refractivity contribution in [2.45, 2.75) is 67.9 Å². The van der Waals surface area contributed by atoms with Crippen LogP contribution in [0.5, 0.6) is 63.2 Å². The van der Waals surface area contributed by atoms with Crippen LogP contribution < -0.4 is 36.1 Å². The smallest absolute Gasteiger partial charge is 0.206 e. The molecule has 0 atom stereocenters. The Morgan fingerprint density at radius 3 is 0.571 bits per heavy atom. The Balaban J connectivity index is 0.000000224. The molecular formula is C84H73F2N3O13S3. The summed E-state index contributed by atoms with van der Waals surface area (Å²) in [5, 5.41) is 27.3. The lowest BCUT2D eigenvalue weighted by Crippen LogP contribution is -2.18. The van der Waals surface area contributed by atoms with Gasteiger partial charge in [-0.3, -0.25) is 0 Å². The Kier molecular flexibility index (Phi) is 23.4. The fraction of sp³-hybridized carbons (Fsp3) is 0.0714. The number of phenols is 3. The van der Waals surface area contributed by atoms with Gasteiger partial charge in [-0.2, -0.15) is 0 Å². The molecule has 0 aliphatic heterocycles. The minimum Gasteiger partial charge on any atom is -0.508 e. The van der Waals surface area contributed by atoms with Crippen molar-refractivity contribution in [1.82, 2.24) is 0 Å². The number of nitrogen functional groups attached to an aromatic ring is 3. The Hall–Kier alpha value is -12.4. The van der Waals surface area contributed by atoms with Crippen molar-refractivity contribution in [2.24, 2.45) is 0 Å². The second kappa shape index (κ2) is 32.7. The minimum atomic E-state index is -3.78. The van der Waals surface area contributed by atoms with Crippen LogP contribution in [0.4, 0.5) is 25.8 Å². The van der Waals surface area contributed by atoms with Crippen LogP contribution in [0.25, 0.3) is 0 Å². The van der Waals surface area contributed by atoms with Crippen molar-refractivity contribution in [3.63, 3.8) is 0 Å². The highest BCUT2D eigenvalue weighted by Gasteiger charge is 2.26. The molecule has 13 rings (SSSR count). The van der Waals surface area contributed by atoms with E-state index < -0.39 is 41.1 Å². The van der Waals surface area contributed by atoms with Crippen molar-refractivity contribution in [1.29, 1.82) is 0 Å². The molecule has 9 N–H and O–H groups in total. The lowest BCUT2D eigenvalue weighted by Gasteiger charge is -2.26. The standard InChI is InChI=1S/C51H42N2O8S2.C15H16O2.C12H8F2O2S.C6H7NO/c1-51(2,35-3-11-39(12-4-35)58-43-19-27-47(28-20-43)62(54,55)49-31-23-45(24-32-49)60-41-15-7-37(52)8-16-41)36-5-13-40(14-6-36)59-44-21-29-48(30-22-44)63(56,57)50-33-25-46(26-34-50)61-42-17-9-38(53)10-18-42;1-15(2,11-3-7-13(16)8-4-11)12-5-9-14(17)10-6-12;13-9-1-5-11(6-2-9)17(15,16)12-7-3-10(14)4-8-12;7-5-1-3-6(8)4-2-5/h3-34H,52-53H2,1-2H3;3-10,16-17H,1-2H3;1-8H;1-4,8H,7H2. The second-order valence-corrected chi connectivity index (χ2v) is 30.7. The molecule has 0 aliphatic carbocycles. The first-order chi connectivity index (χ1) is 50.0.